The van der Waals surface area contributed by atoms with Crippen LogP contribution >= 0.6 is 0 Å². The summed E-state index contributed by atoms with van der Waals surface area (Å²) in [7, 11) is 0.766. The predicted molar refractivity (Wildman–Crippen MR) is 100 cm³/mol. The molecule has 0 bridgehead atoms. The number of benzene rings is 1. The fraction of sp³-hybridized carbons (Fsp3) is 0.579. The SMILES string of the molecule is CN1CCc2[nH]c3cc([Si](C)(C)C(C)(C)C)ccc3c2CC1. The Morgan fingerprint density at radius 1 is 1.09 bits per heavy atom. The zero-order valence-electron chi connectivity index (χ0n) is 15.0. The first-order valence-electron chi connectivity index (χ1n) is 8.52. The van der Waals surface area contributed by atoms with Gasteiger partial charge in [-0.1, -0.05) is 51.2 Å². The van der Waals surface area contributed by atoms with Gasteiger partial charge in [0.1, 0.15) is 0 Å². The van der Waals surface area contributed by atoms with E-state index in [1.165, 1.54) is 29.6 Å². The smallest absolute Gasteiger partial charge is 0.0860 e. The lowest BCUT2D eigenvalue weighted by molar-refractivity contribution is 0.352. The number of nitrogens with zero attached hydrogens (tertiary/aromatic N) is 1. The summed E-state index contributed by atoms with van der Waals surface area (Å²) < 4.78 is 0. The highest BCUT2D eigenvalue weighted by Gasteiger charge is 2.37. The average molecular weight is 315 g/mol. The normalized spacial score (nSPS) is 17.5. The van der Waals surface area contributed by atoms with Crippen LogP contribution < -0.4 is 5.19 Å². The van der Waals surface area contributed by atoms with Gasteiger partial charge in [0.05, 0.1) is 8.07 Å². The number of aromatic nitrogens is 1. The van der Waals surface area contributed by atoms with Crippen molar-refractivity contribution in [2.24, 2.45) is 0 Å². The summed E-state index contributed by atoms with van der Waals surface area (Å²) in [6, 6.07) is 7.24. The molecule has 3 rings (SSSR count). The largest absolute Gasteiger partial charge is 0.358 e. The summed E-state index contributed by atoms with van der Waals surface area (Å²) in [5.41, 5.74) is 4.38. The number of likely N-dealkylation sites (N-methyl/N-ethyl adjacent to an activating group) is 1. The predicted octanol–water partition coefficient (Wildman–Crippen LogP) is 3.91. The number of rotatable bonds is 1. The lowest BCUT2D eigenvalue weighted by Gasteiger charge is -2.37. The van der Waals surface area contributed by atoms with Crippen molar-refractivity contribution in [2.75, 3.05) is 20.1 Å². The second kappa shape index (κ2) is 5.24. The fourth-order valence-corrected chi connectivity index (χ4v) is 5.22. The number of H-pyrrole nitrogens is 1. The van der Waals surface area contributed by atoms with E-state index in [1.807, 2.05) is 0 Å². The van der Waals surface area contributed by atoms with Crippen LogP contribution in [0.5, 0.6) is 0 Å². The lowest BCUT2D eigenvalue weighted by atomic mass is 10.1. The maximum atomic E-state index is 3.74. The fourth-order valence-electron chi connectivity index (χ4n) is 3.35. The highest BCUT2D eigenvalue weighted by molar-refractivity contribution is 6.92. The van der Waals surface area contributed by atoms with Gasteiger partial charge in [-0.3, -0.25) is 0 Å². The van der Waals surface area contributed by atoms with Crippen molar-refractivity contribution < 1.29 is 0 Å². The van der Waals surface area contributed by atoms with E-state index in [9.17, 15) is 0 Å². The van der Waals surface area contributed by atoms with Crippen molar-refractivity contribution in [1.29, 1.82) is 0 Å². The van der Waals surface area contributed by atoms with Gasteiger partial charge in [-0.05, 0) is 30.1 Å². The van der Waals surface area contributed by atoms with E-state index in [0.717, 1.165) is 13.0 Å². The van der Waals surface area contributed by atoms with E-state index in [1.54, 1.807) is 10.8 Å². The molecule has 120 valence electrons. The minimum absolute atomic E-state index is 0.382. The topological polar surface area (TPSA) is 19.0 Å². The molecule has 0 spiro atoms. The number of hydrogen-bond acceptors (Lipinski definition) is 1. The first-order valence-corrected chi connectivity index (χ1v) is 11.5. The Balaban J connectivity index is 2.06. The van der Waals surface area contributed by atoms with Crippen LogP contribution in [0.25, 0.3) is 10.9 Å². The monoisotopic (exact) mass is 314 g/mol. The molecule has 0 atom stereocenters. The maximum Gasteiger partial charge on any atom is 0.0860 e. The maximum absolute atomic E-state index is 3.74. The van der Waals surface area contributed by atoms with Gasteiger partial charge in [0.25, 0.3) is 0 Å². The summed E-state index contributed by atoms with van der Waals surface area (Å²) in [6.07, 6.45) is 2.32. The molecular weight excluding hydrogens is 284 g/mol. The molecule has 1 aliphatic rings. The third-order valence-electron chi connectivity index (χ3n) is 6.08. The Bertz CT molecular complexity index is 691. The number of nitrogens with one attached hydrogen (secondary N) is 1. The first-order chi connectivity index (χ1) is 10.2. The Kier molecular flexibility index (Phi) is 3.77. The first kappa shape index (κ1) is 15.8. The Labute approximate surface area is 135 Å². The molecular formula is C19H30N2Si. The van der Waals surface area contributed by atoms with Crippen LogP contribution in [0.1, 0.15) is 32.0 Å². The number of hydrogen-bond donors (Lipinski definition) is 1. The van der Waals surface area contributed by atoms with E-state index in [2.05, 4.69) is 69.0 Å². The minimum Gasteiger partial charge on any atom is -0.358 e. The molecule has 22 heavy (non-hydrogen) atoms. The summed E-state index contributed by atoms with van der Waals surface area (Å²) >= 11 is 0. The Morgan fingerprint density at radius 3 is 2.45 bits per heavy atom. The van der Waals surface area contributed by atoms with Gasteiger partial charge in [-0.15, -0.1) is 0 Å². The molecule has 2 nitrogen and oxygen atoms in total. The molecule has 0 amide bonds. The quantitative estimate of drug-likeness (QED) is 0.791. The Hall–Kier alpha value is -1.06. The second-order valence-corrected chi connectivity index (χ2v) is 13.8. The van der Waals surface area contributed by atoms with Crippen LogP contribution in [0, 0.1) is 0 Å². The van der Waals surface area contributed by atoms with Gasteiger partial charge in [-0.25, -0.2) is 0 Å². The third kappa shape index (κ3) is 2.54. The zero-order chi connectivity index (χ0) is 16.1. The molecule has 0 aliphatic carbocycles. The van der Waals surface area contributed by atoms with Crippen LogP contribution in [-0.4, -0.2) is 38.1 Å². The zero-order valence-corrected chi connectivity index (χ0v) is 16.0. The van der Waals surface area contributed by atoms with Crippen LogP contribution in [0.2, 0.25) is 18.1 Å². The van der Waals surface area contributed by atoms with Gasteiger partial charge >= 0.3 is 0 Å². The molecule has 1 aliphatic heterocycles. The molecule has 3 heteroatoms. The summed E-state index contributed by atoms with van der Waals surface area (Å²) in [6.45, 7) is 14.5. The van der Waals surface area contributed by atoms with Crippen molar-refractivity contribution in [3.8, 4) is 0 Å². The van der Waals surface area contributed by atoms with E-state index < -0.39 is 8.07 Å². The molecule has 2 heterocycles. The van der Waals surface area contributed by atoms with E-state index in [4.69, 9.17) is 0 Å². The van der Waals surface area contributed by atoms with Crippen LogP contribution in [0.15, 0.2) is 18.2 Å². The third-order valence-corrected chi connectivity index (χ3v) is 11.6. The summed E-state index contributed by atoms with van der Waals surface area (Å²) in [5, 5.41) is 3.40. The summed E-state index contributed by atoms with van der Waals surface area (Å²) in [5.74, 6) is 0. The molecule has 2 aromatic rings. The molecule has 0 saturated carbocycles. The van der Waals surface area contributed by atoms with Crippen LogP contribution in [0.3, 0.4) is 0 Å². The molecule has 0 radical (unpaired) electrons. The van der Waals surface area contributed by atoms with E-state index in [0.29, 0.717) is 5.04 Å². The Morgan fingerprint density at radius 2 is 1.77 bits per heavy atom. The molecule has 1 N–H and O–H groups in total. The van der Waals surface area contributed by atoms with E-state index >= 15 is 0 Å². The standard InChI is InChI=1S/C19H30N2Si/c1-19(2,3)22(5,6)14-7-8-15-16-9-11-21(4)12-10-17(16)20-18(15)13-14/h7-8,13,20H,9-12H2,1-6H3. The molecule has 0 fully saturated rings. The molecule has 1 aromatic heterocycles. The van der Waals surface area contributed by atoms with E-state index in [-0.39, 0.29) is 0 Å². The summed E-state index contributed by atoms with van der Waals surface area (Å²) in [4.78, 5) is 6.17. The minimum atomic E-state index is -1.46. The van der Waals surface area contributed by atoms with Crippen LogP contribution in [0.4, 0.5) is 0 Å². The highest BCUT2D eigenvalue weighted by Crippen LogP contribution is 2.36. The number of fused-ring (bicyclic) bond motifs is 3. The molecule has 1 aromatic carbocycles. The van der Waals surface area contributed by atoms with Crippen LogP contribution in [-0.2, 0) is 12.8 Å². The van der Waals surface area contributed by atoms with Gasteiger partial charge in [0.2, 0.25) is 0 Å². The highest BCUT2D eigenvalue weighted by atomic mass is 28.3. The van der Waals surface area contributed by atoms with Gasteiger partial charge in [0.15, 0.2) is 0 Å². The number of aromatic amines is 1. The second-order valence-electron chi connectivity index (χ2n) is 8.52. The van der Waals surface area contributed by atoms with Gasteiger partial charge in [0, 0.05) is 36.1 Å². The van der Waals surface area contributed by atoms with Crippen molar-refractivity contribution >= 4 is 24.2 Å². The van der Waals surface area contributed by atoms with Gasteiger partial charge in [-0.2, -0.15) is 0 Å². The van der Waals surface area contributed by atoms with Crippen molar-refractivity contribution in [3.63, 3.8) is 0 Å². The van der Waals surface area contributed by atoms with Crippen molar-refractivity contribution in [2.45, 2.75) is 51.7 Å². The lowest BCUT2D eigenvalue weighted by Crippen LogP contribution is -2.49. The van der Waals surface area contributed by atoms with Gasteiger partial charge < -0.3 is 9.88 Å². The molecule has 0 saturated heterocycles. The molecule has 0 unspecified atom stereocenters. The van der Waals surface area contributed by atoms with Crippen molar-refractivity contribution in [1.82, 2.24) is 9.88 Å². The average Bonchev–Trinajstić information content (AvgIpc) is 2.68. The van der Waals surface area contributed by atoms with Crippen molar-refractivity contribution in [3.05, 3.63) is 29.5 Å².